The van der Waals surface area contributed by atoms with Gasteiger partial charge < -0.3 is 5.32 Å². The summed E-state index contributed by atoms with van der Waals surface area (Å²) in [7, 11) is 0. The number of amides is 1. The molecule has 2 rings (SSSR count). The zero-order valence-electron chi connectivity index (χ0n) is 10.3. The Kier molecular flexibility index (Phi) is 4.54. The fourth-order valence-corrected chi connectivity index (χ4v) is 3.20. The van der Waals surface area contributed by atoms with E-state index in [0.29, 0.717) is 0 Å². The quantitative estimate of drug-likeness (QED) is 0.676. The Bertz CT molecular complexity index is 541. The van der Waals surface area contributed by atoms with E-state index in [9.17, 15) is 4.79 Å². The number of hydrogen-bond donors (Lipinski definition) is 1. The molecule has 0 saturated heterocycles. The molecule has 0 spiro atoms. The van der Waals surface area contributed by atoms with Crippen LogP contribution >= 0.6 is 23.1 Å². The van der Waals surface area contributed by atoms with Crippen molar-refractivity contribution in [1.29, 1.82) is 0 Å². The summed E-state index contributed by atoms with van der Waals surface area (Å²) in [6.07, 6.45) is 2.50. The van der Waals surface area contributed by atoms with Crippen molar-refractivity contribution in [3.8, 4) is 0 Å². The third kappa shape index (κ3) is 3.00. The van der Waals surface area contributed by atoms with Crippen LogP contribution in [0.5, 0.6) is 0 Å². The van der Waals surface area contributed by atoms with Crippen molar-refractivity contribution in [3.63, 3.8) is 0 Å². The highest BCUT2D eigenvalue weighted by atomic mass is 32.2. The van der Waals surface area contributed by atoms with E-state index in [1.807, 2.05) is 25.3 Å². The van der Waals surface area contributed by atoms with E-state index in [1.54, 1.807) is 17.7 Å². The summed E-state index contributed by atoms with van der Waals surface area (Å²) < 4.78 is 0. The molecule has 0 aliphatic carbocycles. The summed E-state index contributed by atoms with van der Waals surface area (Å²) in [4.78, 5) is 21.2. The molecule has 0 radical (unpaired) electrons. The van der Waals surface area contributed by atoms with Crippen molar-refractivity contribution >= 4 is 39.2 Å². The Labute approximate surface area is 114 Å². The molecule has 0 unspecified atom stereocenters. The molecule has 1 N–H and O–H groups in total. The fraction of sp³-hybridized carbons (Fsp3) is 0.417. The Morgan fingerprint density at radius 2 is 2.39 bits per heavy atom. The first kappa shape index (κ1) is 13.3. The molecule has 2 aromatic heterocycles. The lowest BCUT2D eigenvalue weighted by Crippen LogP contribution is -2.31. The smallest absolute Gasteiger partial charge is 0.233 e. The van der Waals surface area contributed by atoms with Crippen LogP contribution in [0.3, 0.4) is 0 Å². The maximum atomic E-state index is 11.8. The van der Waals surface area contributed by atoms with Gasteiger partial charge in [-0.2, -0.15) is 0 Å². The minimum absolute atomic E-state index is 0.0591. The number of thiophene rings is 1. The van der Waals surface area contributed by atoms with Gasteiger partial charge in [-0.1, -0.05) is 18.7 Å². The van der Waals surface area contributed by atoms with Crippen molar-refractivity contribution < 1.29 is 4.79 Å². The normalized spacial score (nSPS) is 12.6. The van der Waals surface area contributed by atoms with E-state index in [2.05, 4.69) is 15.3 Å². The lowest BCUT2D eigenvalue weighted by Gasteiger charge is -2.11. The summed E-state index contributed by atoms with van der Waals surface area (Å²) in [6.45, 7) is 4.66. The van der Waals surface area contributed by atoms with E-state index in [-0.39, 0.29) is 11.2 Å². The number of aromatic nitrogens is 2. The van der Waals surface area contributed by atoms with Crippen LogP contribution in [0.2, 0.25) is 0 Å². The van der Waals surface area contributed by atoms with E-state index < -0.39 is 0 Å². The highest BCUT2D eigenvalue weighted by Crippen LogP contribution is 2.30. The summed E-state index contributed by atoms with van der Waals surface area (Å²) in [5.74, 6) is 0.0591. The minimum Gasteiger partial charge on any atom is -0.355 e. The number of fused-ring (bicyclic) bond motifs is 1. The van der Waals surface area contributed by atoms with Crippen molar-refractivity contribution in [2.24, 2.45) is 0 Å². The minimum atomic E-state index is -0.144. The largest absolute Gasteiger partial charge is 0.355 e. The molecule has 18 heavy (non-hydrogen) atoms. The summed E-state index contributed by atoms with van der Waals surface area (Å²) in [6, 6.07) is 2.00. The second kappa shape index (κ2) is 6.15. The maximum Gasteiger partial charge on any atom is 0.233 e. The molecule has 6 heteroatoms. The highest BCUT2D eigenvalue weighted by molar-refractivity contribution is 8.00. The molecule has 0 aromatic carbocycles. The molecule has 0 saturated carbocycles. The monoisotopic (exact) mass is 281 g/mol. The van der Waals surface area contributed by atoms with Gasteiger partial charge in [-0.05, 0) is 24.8 Å². The van der Waals surface area contributed by atoms with Crippen LogP contribution in [0.15, 0.2) is 22.8 Å². The number of thioether (sulfide) groups is 1. The third-order valence-electron chi connectivity index (χ3n) is 2.43. The van der Waals surface area contributed by atoms with E-state index in [0.717, 1.165) is 28.2 Å². The predicted octanol–water partition coefficient (Wildman–Crippen LogP) is 2.70. The molecular formula is C12H15N3OS2. The SMILES string of the molecule is CCCNC(=O)[C@@H](C)Sc1ncnc2sccc12. The van der Waals surface area contributed by atoms with Gasteiger partial charge in [-0.25, -0.2) is 9.97 Å². The second-order valence-corrected chi connectivity index (χ2v) is 6.09. The van der Waals surface area contributed by atoms with Crippen LogP contribution in [0.4, 0.5) is 0 Å². The molecule has 2 aromatic rings. The van der Waals surface area contributed by atoms with Gasteiger partial charge in [-0.3, -0.25) is 4.79 Å². The van der Waals surface area contributed by atoms with E-state index in [1.165, 1.54) is 11.8 Å². The number of rotatable bonds is 5. The van der Waals surface area contributed by atoms with Gasteiger partial charge in [0, 0.05) is 11.9 Å². The average Bonchev–Trinajstić information content (AvgIpc) is 2.85. The highest BCUT2D eigenvalue weighted by Gasteiger charge is 2.16. The van der Waals surface area contributed by atoms with Gasteiger partial charge in [0.25, 0.3) is 0 Å². The topological polar surface area (TPSA) is 54.9 Å². The van der Waals surface area contributed by atoms with E-state index in [4.69, 9.17) is 0 Å². The van der Waals surface area contributed by atoms with Crippen molar-refractivity contribution in [3.05, 3.63) is 17.8 Å². The zero-order valence-corrected chi connectivity index (χ0v) is 12.0. The third-order valence-corrected chi connectivity index (χ3v) is 4.37. The van der Waals surface area contributed by atoms with Gasteiger partial charge in [0.1, 0.15) is 16.2 Å². The van der Waals surface area contributed by atoms with Gasteiger partial charge in [0.05, 0.1) is 5.25 Å². The van der Waals surface area contributed by atoms with Gasteiger partial charge >= 0.3 is 0 Å². The summed E-state index contributed by atoms with van der Waals surface area (Å²) >= 11 is 3.07. The zero-order chi connectivity index (χ0) is 13.0. The average molecular weight is 281 g/mol. The molecule has 0 fully saturated rings. The van der Waals surface area contributed by atoms with Crippen LogP contribution < -0.4 is 5.32 Å². The molecule has 4 nitrogen and oxygen atoms in total. The maximum absolute atomic E-state index is 11.8. The fourth-order valence-electron chi connectivity index (χ4n) is 1.47. The number of nitrogens with zero attached hydrogens (tertiary/aromatic N) is 2. The van der Waals surface area contributed by atoms with Crippen molar-refractivity contribution in [1.82, 2.24) is 15.3 Å². The number of carbonyl (C=O) groups is 1. The number of carbonyl (C=O) groups excluding carboxylic acids is 1. The molecule has 0 bridgehead atoms. The van der Waals surface area contributed by atoms with Crippen LogP contribution in [0.1, 0.15) is 20.3 Å². The molecule has 96 valence electrons. The molecule has 2 heterocycles. The molecule has 0 aliphatic heterocycles. The Morgan fingerprint density at radius 3 is 3.17 bits per heavy atom. The molecule has 1 amide bonds. The van der Waals surface area contributed by atoms with Crippen LogP contribution in [0.25, 0.3) is 10.2 Å². The molecular weight excluding hydrogens is 266 g/mol. The number of nitrogens with one attached hydrogen (secondary N) is 1. The first-order chi connectivity index (χ1) is 8.72. The second-order valence-electron chi connectivity index (χ2n) is 3.87. The first-order valence-electron chi connectivity index (χ1n) is 5.85. The van der Waals surface area contributed by atoms with Crippen LogP contribution in [0, 0.1) is 0 Å². The van der Waals surface area contributed by atoms with Gasteiger partial charge in [0.15, 0.2) is 0 Å². The number of hydrogen-bond acceptors (Lipinski definition) is 5. The van der Waals surface area contributed by atoms with Crippen molar-refractivity contribution in [2.75, 3.05) is 6.54 Å². The lowest BCUT2D eigenvalue weighted by atomic mass is 10.4. The van der Waals surface area contributed by atoms with Gasteiger partial charge in [0.2, 0.25) is 5.91 Å². The first-order valence-corrected chi connectivity index (χ1v) is 7.61. The van der Waals surface area contributed by atoms with E-state index >= 15 is 0 Å². The Balaban J connectivity index is 2.09. The summed E-state index contributed by atoms with van der Waals surface area (Å²) in [5.41, 5.74) is 0. The standard InChI is InChI=1S/C12H15N3OS2/c1-3-5-13-10(16)8(2)18-12-9-4-6-17-11(9)14-7-15-12/h4,6-8H,3,5H2,1-2H3,(H,13,16)/t8-/m1/s1. The van der Waals surface area contributed by atoms with Crippen LogP contribution in [-0.4, -0.2) is 27.7 Å². The van der Waals surface area contributed by atoms with Crippen molar-refractivity contribution in [2.45, 2.75) is 30.5 Å². The lowest BCUT2D eigenvalue weighted by molar-refractivity contribution is -0.120. The summed E-state index contributed by atoms with van der Waals surface area (Å²) in [5, 5.41) is 6.65. The van der Waals surface area contributed by atoms with Gasteiger partial charge in [-0.15, -0.1) is 11.3 Å². The Hall–Kier alpha value is -1.14. The van der Waals surface area contributed by atoms with Crippen LogP contribution in [-0.2, 0) is 4.79 Å². The Morgan fingerprint density at radius 1 is 1.56 bits per heavy atom. The molecule has 0 aliphatic rings. The predicted molar refractivity (Wildman–Crippen MR) is 76.0 cm³/mol. The molecule has 1 atom stereocenters.